The monoisotopic (exact) mass is 133 g/mol. The van der Waals surface area contributed by atoms with Crippen molar-refractivity contribution in [2.24, 2.45) is 10.8 Å². The second-order valence-electron chi connectivity index (χ2n) is 0.679. The second kappa shape index (κ2) is 3.67. The Hall–Kier alpha value is -0.510. The first-order valence-electron chi connectivity index (χ1n) is 1.39. The van der Waals surface area contributed by atoms with Crippen molar-refractivity contribution in [2.75, 3.05) is 0 Å². The zero-order chi connectivity index (χ0) is 5.70. The second-order valence-corrected chi connectivity index (χ2v) is 1.30. The summed E-state index contributed by atoms with van der Waals surface area (Å²) in [7, 11) is 0. The molecular formula is C2H3N3S2. The van der Waals surface area contributed by atoms with E-state index in [9.17, 15) is 0 Å². The normalized spacial score (nSPS) is 6.29. The van der Waals surface area contributed by atoms with Gasteiger partial charge in [-0.3, -0.25) is 0 Å². The van der Waals surface area contributed by atoms with Crippen LogP contribution >= 0.6 is 24.4 Å². The molecule has 0 spiro atoms. The van der Waals surface area contributed by atoms with Gasteiger partial charge in [0.2, 0.25) is 0 Å². The molecular weight excluding hydrogens is 130 g/mol. The predicted molar refractivity (Wildman–Crippen MR) is 34.9 cm³/mol. The van der Waals surface area contributed by atoms with Gasteiger partial charge in [0.25, 0.3) is 0 Å². The van der Waals surface area contributed by atoms with Crippen molar-refractivity contribution in [3.8, 4) is 0 Å². The summed E-state index contributed by atoms with van der Waals surface area (Å²) in [5, 5.41) is 5.34. The molecule has 5 heteroatoms. The number of isothiocyanates is 1. The number of nitrogens with two attached hydrogens (primary N) is 1. The Morgan fingerprint density at radius 3 is 2.57 bits per heavy atom. The van der Waals surface area contributed by atoms with E-state index < -0.39 is 0 Å². The standard InChI is InChI=1S/C2H3N3S2/c3-2(7)5-4-1-6/h(H3,3,5,7). The van der Waals surface area contributed by atoms with Crippen LogP contribution in [0.3, 0.4) is 0 Å². The number of hydrogen-bond donors (Lipinski definition) is 2. The van der Waals surface area contributed by atoms with Gasteiger partial charge in [-0.25, -0.2) is 5.43 Å². The van der Waals surface area contributed by atoms with Crippen molar-refractivity contribution in [3.63, 3.8) is 0 Å². The van der Waals surface area contributed by atoms with Gasteiger partial charge in [0.15, 0.2) is 5.11 Å². The highest BCUT2D eigenvalue weighted by Gasteiger charge is 1.72. The molecule has 0 rings (SSSR count). The first-order chi connectivity index (χ1) is 3.27. The van der Waals surface area contributed by atoms with Crippen molar-refractivity contribution >= 4 is 34.7 Å². The molecule has 0 aromatic rings. The zero-order valence-electron chi connectivity index (χ0n) is 3.34. The minimum Gasteiger partial charge on any atom is -0.375 e. The van der Waals surface area contributed by atoms with Crippen LogP contribution in [0.25, 0.3) is 0 Å². The lowest BCUT2D eigenvalue weighted by Crippen LogP contribution is -2.23. The summed E-state index contributed by atoms with van der Waals surface area (Å²) in [5.41, 5.74) is 7.13. The van der Waals surface area contributed by atoms with E-state index in [0.29, 0.717) is 0 Å². The molecule has 0 fully saturated rings. The van der Waals surface area contributed by atoms with Crippen LogP contribution in [-0.4, -0.2) is 10.3 Å². The molecule has 0 aliphatic heterocycles. The molecule has 3 nitrogen and oxygen atoms in total. The van der Waals surface area contributed by atoms with Crippen molar-refractivity contribution in [1.29, 1.82) is 0 Å². The van der Waals surface area contributed by atoms with Gasteiger partial charge >= 0.3 is 0 Å². The van der Waals surface area contributed by atoms with Crippen LogP contribution in [0.1, 0.15) is 0 Å². The van der Waals surface area contributed by atoms with Crippen LogP contribution in [-0.2, 0) is 0 Å². The van der Waals surface area contributed by atoms with Gasteiger partial charge in [-0.15, -0.1) is 5.10 Å². The van der Waals surface area contributed by atoms with E-state index in [1.807, 2.05) is 5.16 Å². The number of nitrogens with one attached hydrogen (secondary N) is 1. The van der Waals surface area contributed by atoms with Crippen molar-refractivity contribution in [1.82, 2.24) is 5.43 Å². The summed E-state index contributed by atoms with van der Waals surface area (Å²) in [6.07, 6.45) is 0. The first kappa shape index (κ1) is 6.49. The number of rotatable bonds is 1. The SMILES string of the molecule is NC(=S)NN=C=S. The van der Waals surface area contributed by atoms with E-state index in [2.05, 4.69) is 35.0 Å². The lowest BCUT2D eigenvalue weighted by Gasteiger charge is -1.86. The lowest BCUT2D eigenvalue weighted by molar-refractivity contribution is 1.05. The van der Waals surface area contributed by atoms with Gasteiger partial charge in [0.1, 0.15) is 0 Å². The average Bonchev–Trinajstić information content (AvgIpc) is 1.61. The molecule has 0 saturated heterocycles. The van der Waals surface area contributed by atoms with Gasteiger partial charge in [0, 0.05) is 0 Å². The molecule has 0 atom stereocenters. The predicted octanol–water partition coefficient (Wildman–Crippen LogP) is -0.163. The van der Waals surface area contributed by atoms with E-state index >= 15 is 0 Å². The Morgan fingerprint density at radius 2 is 2.43 bits per heavy atom. The Morgan fingerprint density at radius 1 is 1.86 bits per heavy atom. The fourth-order valence-corrected chi connectivity index (χ4v) is 0.169. The van der Waals surface area contributed by atoms with Crippen LogP contribution in [0.2, 0.25) is 0 Å². The lowest BCUT2D eigenvalue weighted by atomic mass is 11.2. The number of hydrazone groups is 1. The highest BCUT2D eigenvalue weighted by molar-refractivity contribution is 7.80. The Labute approximate surface area is 51.6 Å². The molecule has 0 amide bonds. The minimum absolute atomic E-state index is 0.0948. The zero-order valence-corrected chi connectivity index (χ0v) is 4.97. The molecule has 7 heavy (non-hydrogen) atoms. The maximum atomic E-state index is 4.92. The minimum atomic E-state index is 0.0948. The number of nitrogens with zero attached hydrogens (tertiary/aromatic N) is 1. The molecule has 0 saturated carbocycles. The summed E-state index contributed by atoms with van der Waals surface area (Å²) in [4.78, 5) is 0. The van der Waals surface area contributed by atoms with Crippen molar-refractivity contribution < 1.29 is 0 Å². The van der Waals surface area contributed by atoms with Crippen LogP contribution in [0.15, 0.2) is 5.10 Å². The third-order valence-electron chi connectivity index (χ3n) is 0.212. The number of hydrogen-bond acceptors (Lipinski definition) is 3. The fourth-order valence-electron chi connectivity index (χ4n) is 0.0779. The van der Waals surface area contributed by atoms with E-state index in [4.69, 9.17) is 5.73 Å². The van der Waals surface area contributed by atoms with Crippen LogP contribution in [0.4, 0.5) is 0 Å². The fraction of sp³-hybridized carbons (Fsp3) is 0. The summed E-state index contributed by atoms with van der Waals surface area (Å²) in [6, 6.07) is 0. The van der Waals surface area contributed by atoms with E-state index in [-0.39, 0.29) is 5.11 Å². The molecule has 0 aliphatic carbocycles. The van der Waals surface area contributed by atoms with Crippen LogP contribution in [0.5, 0.6) is 0 Å². The summed E-state index contributed by atoms with van der Waals surface area (Å²) in [6.45, 7) is 0. The van der Waals surface area contributed by atoms with Gasteiger partial charge in [-0.2, -0.15) is 0 Å². The van der Waals surface area contributed by atoms with Gasteiger partial charge in [0.05, 0.1) is 5.16 Å². The maximum Gasteiger partial charge on any atom is 0.184 e. The molecule has 3 N–H and O–H groups in total. The summed E-state index contributed by atoms with van der Waals surface area (Å²) >= 11 is 8.52. The highest BCUT2D eigenvalue weighted by Crippen LogP contribution is 1.53. The van der Waals surface area contributed by atoms with Gasteiger partial charge in [-0.1, -0.05) is 0 Å². The van der Waals surface area contributed by atoms with Crippen LogP contribution in [0, 0.1) is 0 Å². The van der Waals surface area contributed by atoms with Crippen LogP contribution < -0.4 is 11.2 Å². The van der Waals surface area contributed by atoms with Crippen molar-refractivity contribution in [3.05, 3.63) is 0 Å². The van der Waals surface area contributed by atoms with E-state index in [1.54, 1.807) is 0 Å². The van der Waals surface area contributed by atoms with Crippen molar-refractivity contribution in [2.45, 2.75) is 0 Å². The smallest absolute Gasteiger partial charge is 0.184 e. The molecule has 0 radical (unpaired) electrons. The molecule has 0 bridgehead atoms. The molecule has 38 valence electrons. The first-order valence-corrected chi connectivity index (χ1v) is 2.21. The summed E-state index contributed by atoms with van der Waals surface area (Å²) in [5.74, 6) is 0. The average molecular weight is 133 g/mol. The Bertz CT molecular complexity index is 114. The quantitative estimate of drug-likeness (QED) is 0.296. The van der Waals surface area contributed by atoms with Gasteiger partial charge in [-0.05, 0) is 24.4 Å². The number of thiocarbonyl (C=S) groups is 2. The van der Waals surface area contributed by atoms with Gasteiger partial charge < -0.3 is 5.73 Å². The molecule has 0 unspecified atom stereocenters. The third kappa shape index (κ3) is 5.49. The summed E-state index contributed by atoms with van der Waals surface area (Å²) < 4.78 is 0. The van der Waals surface area contributed by atoms with E-state index in [0.717, 1.165) is 0 Å². The molecule has 0 aliphatic rings. The Kier molecular flexibility index (Phi) is 3.40. The van der Waals surface area contributed by atoms with E-state index in [1.165, 1.54) is 0 Å². The molecule has 0 aromatic carbocycles. The molecule has 0 heterocycles. The Balaban J connectivity index is 3.32. The maximum absolute atomic E-state index is 4.92. The third-order valence-corrected chi connectivity index (χ3v) is 0.394. The largest absolute Gasteiger partial charge is 0.375 e. The highest BCUT2D eigenvalue weighted by atomic mass is 32.1. The molecule has 0 aromatic heterocycles. The topological polar surface area (TPSA) is 50.4 Å².